The Morgan fingerprint density at radius 3 is 2.32 bits per heavy atom. The molecule has 0 saturated heterocycles. The molecule has 3 aliphatic carbocycles. The molecule has 2 aromatic carbocycles. The van der Waals surface area contributed by atoms with Crippen molar-refractivity contribution in [3.05, 3.63) is 64.7 Å². The molecule has 0 spiro atoms. The van der Waals surface area contributed by atoms with Gasteiger partial charge in [0.15, 0.2) is 0 Å². The summed E-state index contributed by atoms with van der Waals surface area (Å²) in [5.74, 6) is -1.55. The second kappa shape index (κ2) is 6.55. The number of benzene rings is 2. The minimum absolute atomic E-state index is 0.0900. The van der Waals surface area contributed by atoms with Gasteiger partial charge in [-0.2, -0.15) is 0 Å². The molecule has 2 N–H and O–H groups in total. The number of rotatable bonds is 5. The van der Waals surface area contributed by atoms with E-state index in [9.17, 15) is 18.4 Å². The van der Waals surface area contributed by atoms with Crippen LogP contribution < -0.4 is 10.6 Å². The minimum atomic E-state index is -0.566. The standard InChI is InChI=1S/C21H19ClF2N2O2/c1-12(18(27)25-15-5-3-14(23)4-6-15)20-9-21(10-20,11-20)26-19(28)13-2-7-17(24)16(22)8-13/h2-8,12H,9-11H2,1H3,(H,25,27)(H,26,28)/t12-,20?,21?/m0/s1. The molecule has 28 heavy (non-hydrogen) atoms. The molecule has 4 nitrogen and oxygen atoms in total. The normalized spacial score (nSPS) is 25.9. The van der Waals surface area contributed by atoms with Gasteiger partial charge in [-0.15, -0.1) is 0 Å². The van der Waals surface area contributed by atoms with E-state index in [2.05, 4.69) is 10.6 Å². The Morgan fingerprint density at radius 1 is 1.07 bits per heavy atom. The Bertz CT molecular complexity index is 942. The van der Waals surface area contributed by atoms with Crippen molar-refractivity contribution >= 4 is 29.1 Å². The van der Waals surface area contributed by atoms with Crippen molar-refractivity contribution in [2.24, 2.45) is 11.3 Å². The number of anilines is 1. The molecule has 0 heterocycles. The first-order valence-corrected chi connectivity index (χ1v) is 9.44. The summed E-state index contributed by atoms with van der Waals surface area (Å²) in [5, 5.41) is 5.73. The molecule has 3 fully saturated rings. The largest absolute Gasteiger partial charge is 0.347 e. The summed E-state index contributed by atoms with van der Waals surface area (Å²) in [4.78, 5) is 25.0. The first kappa shape index (κ1) is 18.9. The SMILES string of the molecule is C[C@@H](C(=O)Nc1ccc(F)cc1)C12CC(NC(=O)c3ccc(F)c(Cl)c3)(C1)C2. The Morgan fingerprint density at radius 2 is 1.71 bits per heavy atom. The molecule has 146 valence electrons. The molecule has 0 aliphatic heterocycles. The van der Waals surface area contributed by atoms with Gasteiger partial charge in [0.25, 0.3) is 5.91 Å². The van der Waals surface area contributed by atoms with Crippen LogP contribution in [0, 0.1) is 23.0 Å². The van der Waals surface area contributed by atoms with E-state index in [0.717, 1.165) is 19.3 Å². The van der Waals surface area contributed by atoms with Crippen LogP contribution in [0.2, 0.25) is 5.02 Å². The fraction of sp³-hybridized carbons (Fsp3) is 0.333. The Balaban J connectivity index is 1.34. The predicted molar refractivity (Wildman–Crippen MR) is 102 cm³/mol. The second-order valence-corrected chi connectivity index (χ2v) is 8.38. The third kappa shape index (κ3) is 3.15. The lowest BCUT2D eigenvalue weighted by Gasteiger charge is -2.72. The van der Waals surface area contributed by atoms with Crippen molar-refractivity contribution in [2.45, 2.75) is 31.7 Å². The maximum Gasteiger partial charge on any atom is 0.251 e. The van der Waals surface area contributed by atoms with Crippen molar-refractivity contribution < 1.29 is 18.4 Å². The lowest BCUT2D eigenvalue weighted by molar-refractivity contribution is -0.184. The molecule has 5 rings (SSSR count). The van der Waals surface area contributed by atoms with Crippen molar-refractivity contribution in [1.82, 2.24) is 5.32 Å². The Kier molecular flexibility index (Phi) is 4.42. The van der Waals surface area contributed by atoms with E-state index >= 15 is 0 Å². The summed E-state index contributed by atoms with van der Waals surface area (Å²) in [6.07, 6.45) is 2.16. The average Bonchev–Trinajstić information content (AvgIpc) is 2.60. The zero-order chi connectivity index (χ0) is 20.1. The summed E-state index contributed by atoms with van der Waals surface area (Å²) in [6.45, 7) is 1.88. The first-order chi connectivity index (χ1) is 13.2. The second-order valence-electron chi connectivity index (χ2n) is 7.97. The highest BCUT2D eigenvalue weighted by Gasteiger charge is 2.71. The van der Waals surface area contributed by atoms with Gasteiger partial charge in [0.2, 0.25) is 5.91 Å². The van der Waals surface area contributed by atoms with E-state index in [1.165, 1.54) is 42.5 Å². The molecular formula is C21H19ClF2N2O2. The quantitative estimate of drug-likeness (QED) is 0.768. The third-order valence-electron chi connectivity index (χ3n) is 6.06. The molecule has 0 aromatic heterocycles. The molecule has 0 unspecified atom stereocenters. The van der Waals surface area contributed by atoms with Crippen molar-refractivity contribution in [1.29, 1.82) is 0 Å². The summed E-state index contributed by atoms with van der Waals surface area (Å²) < 4.78 is 26.2. The van der Waals surface area contributed by atoms with E-state index in [-0.39, 0.29) is 39.5 Å². The summed E-state index contributed by atoms with van der Waals surface area (Å²) in [6, 6.07) is 9.53. The number of halogens is 3. The van der Waals surface area contributed by atoms with Gasteiger partial charge in [0, 0.05) is 22.7 Å². The van der Waals surface area contributed by atoms with E-state index < -0.39 is 5.82 Å². The van der Waals surface area contributed by atoms with E-state index in [4.69, 9.17) is 11.6 Å². The molecule has 7 heteroatoms. The highest BCUT2D eigenvalue weighted by Crippen LogP contribution is 2.70. The summed E-state index contributed by atoms with van der Waals surface area (Å²) >= 11 is 5.74. The minimum Gasteiger partial charge on any atom is -0.347 e. The van der Waals surface area contributed by atoms with Gasteiger partial charge in [0.1, 0.15) is 11.6 Å². The number of carbonyl (C=O) groups is 2. The van der Waals surface area contributed by atoms with Gasteiger partial charge < -0.3 is 10.6 Å². The van der Waals surface area contributed by atoms with E-state index in [0.29, 0.717) is 11.3 Å². The smallest absolute Gasteiger partial charge is 0.251 e. The molecule has 0 radical (unpaired) electrons. The number of nitrogens with one attached hydrogen (secondary N) is 2. The molecule has 1 atom stereocenters. The average molecular weight is 405 g/mol. The maximum atomic E-state index is 13.3. The molecule has 2 amide bonds. The third-order valence-corrected chi connectivity index (χ3v) is 6.35. The molecule has 2 bridgehead atoms. The van der Waals surface area contributed by atoms with Crippen LogP contribution in [0.3, 0.4) is 0 Å². The fourth-order valence-corrected chi connectivity index (χ4v) is 4.65. The van der Waals surface area contributed by atoms with Crippen LogP contribution in [0.5, 0.6) is 0 Å². The molecular weight excluding hydrogens is 386 g/mol. The highest BCUT2D eigenvalue weighted by atomic mass is 35.5. The van der Waals surface area contributed by atoms with Crippen LogP contribution in [0.4, 0.5) is 14.5 Å². The predicted octanol–water partition coefficient (Wildman–Crippen LogP) is 4.55. The Hall–Kier alpha value is -2.47. The van der Waals surface area contributed by atoms with Gasteiger partial charge in [-0.1, -0.05) is 18.5 Å². The number of amides is 2. The molecule has 3 saturated carbocycles. The first-order valence-electron chi connectivity index (χ1n) is 9.06. The molecule has 3 aliphatic rings. The number of hydrogen-bond donors (Lipinski definition) is 2. The van der Waals surface area contributed by atoms with Crippen molar-refractivity contribution in [3.8, 4) is 0 Å². The zero-order valence-electron chi connectivity index (χ0n) is 15.2. The number of hydrogen-bond acceptors (Lipinski definition) is 2. The Labute approximate surface area is 166 Å². The molecule has 2 aromatic rings. The van der Waals surface area contributed by atoms with Crippen molar-refractivity contribution in [3.63, 3.8) is 0 Å². The monoisotopic (exact) mass is 404 g/mol. The van der Waals surface area contributed by atoms with Crippen LogP contribution in [0.15, 0.2) is 42.5 Å². The summed E-state index contributed by atoms with van der Waals surface area (Å²) in [5.41, 5.74) is 0.438. The van der Waals surface area contributed by atoms with Gasteiger partial charge >= 0.3 is 0 Å². The topological polar surface area (TPSA) is 58.2 Å². The number of carbonyl (C=O) groups excluding carboxylic acids is 2. The van der Waals surface area contributed by atoms with Crippen LogP contribution in [0.25, 0.3) is 0 Å². The van der Waals surface area contributed by atoms with Crippen molar-refractivity contribution in [2.75, 3.05) is 5.32 Å². The van der Waals surface area contributed by atoms with Crippen LogP contribution >= 0.6 is 11.6 Å². The van der Waals surface area contributed by atoms with Crippen LogP contribution in [-0.2, 0) is 4.79 Å². The van der Waals surface area contributed by atoms with Crippen LogP contribution in [-0.4, -0.2) is 17.4 Å². The zero-order valence-corrected chi connectivity index (χ0v) is 15.9. The maximum absolute atomic E-state index is 13.3. The fourth-order valence-electron chi connectivity index (χ4n) is 4.47. The van der Waals surface area contributed by atoms with Gasteiger partial charge in [-0.3, -0.25) is 9.59 Å². The van der Waals surface area contributed by atoms with Gasteiger partial charge in [-0.05, 0) is 67.1 Å². The van der Waals surface area contributed by atoms with E-state index in [1.807, 2.05) is 6.92 Å². The lowest BCUT2D eigenvalue weighted by atomic mass is 9.36. The highest BCUT2D eigenvalue weighted by molar-refractivity contribution is 6.31. The summed E-state index contributed by atoms with van der Waals surface area (Å²) in [7, 11) is 0. The van der Waals surface area contributed by atoms with E-state index in [1.54, 1.807) is 0 Å². The lowest BCUT2D eigenvalue weighted by Crippen LogP contribution is -2.77. The van der Waals surface area contributed by atoms with Crippen LogP contribution in [0.1, 0.15) is 36.5 Å². The van der Waals surface area contributed by atoms with Gasteiger partial charge in [-0.25, -0.2) is 8.78 Å². The van der Waals surface area contributed by atoms with Gasteiger partial charge in [0.05, 0.1) is 5.02 Å².